The summed E-state index contributed by atoms with van der Waals surface area (Å²) >= 11 is 0. The van der Waals surface area contributed by atoms with E-state index in [-0.39, 0.29) is 31.2 Å². The normalized spacial score (nSPS) is 14.1. The van der Waals surface area contributed by atoms with Gasteiger partial charge in [-0.25, -0.2) is 0 Å². The van der Waals surface area contributed by atoms with Crippen molar-refractivity contribution in [1.29, 1.82) is 0 Å². The summed E-state index contributed by atoms with van der Waals surface area (Å²) in [4.78, 5) is 8.64. The zero-order valence-corrected chi connectivity index (χ0v) is 26.7. The minimum absolute atomic E-state index is 0. The van der Waals surface area contributed by atoms with Gasteiger partial charge < -0.3 is 14.4 Å². The second kappa shape index (κ2) is 14.4. The smallest absolute Gasteiger partial charge is 0.120 e. The van der Waals surface area contributed by atoms with Crippen molar-refractivity contribution in [2.24, 2.45) is 5.92 Å². The summed E-state index contributed by atoms with van der Waals surface area (Å²) < 4.78 is 63.4. The van der Waals surface area contributed by atoms with Crippen LogP contribution in [0.25, 0.3) is 44.5 Å². The third-order valence-electron chi connectivity index (χ3n) is 6.75. The predicted molar refractivity (Wildman–Crippen MR) is 177 cm³/mol. The Hall–Kier alpha value is -4.37. The molecule has 0 aliphatic heterocycles. The average Bonchev–Trinajstić information content (AvgIpc) is 3.51. The second-order valence-corrected chi connectivity index (χ2v) is 10.3. The van der Waals surface area contributed by atoms with Gasteiger partial charge in [0, 0.05) is 47.5 Å². The number of nitrogens with zero attached hydrogens (tertiary/aromatic N) is 2. The molecule has 0 aliphatic rings. The van der Waals surface area contributed by atoms with Gasteiger partial charge in [0.05, 0.1) is 5.58 Å². The van der Waals surface area contributed by atoms with E-state index in [1.807, 2.05) is 54.6 Å². The Morgan fingerprint density at radius 1 is 0.795 bits per heavy atom. The van der Waals surface area contributed by atoms with Crippen molar-refractivity contribution in [2.45, 2.75) is 33.4 Å². The number of para-hydroxylation sites is 1. The molecule has 221 valence electrons. The van der Waals surface area contributed by atoms with Gasteiger partial charge in [0.2, 0.25) is 0 Å². The first-order valence-electron chi connectivity index (χ1n) is 17.6. The van der Waals surface area contributed by atoms with Crippen molar-refractivity contribution in [3.05, 3.63) is 156 Å². The molecule has 0 unspecified atom stereocenters. The molecule has 4 heteroatoms. The van der Waals surface area contributed by atoms with Crippen molar-refractivity contribution in [3.63, 3.8) is 0 Å². The molecule has 7 aromatic rings. The van der Waals surface area contributed by atoms with Crippen molar-refractivity contribution >= 4 is 21.9 Å². The fourth-order valence-corrected chi connectivity index (χ4v) is 4.80. The van der Waals surface area contributed by atoms with Gasteiger partial charge in [0.25, 0.3) is 0 Å². The van der Waals surface area contributed by atoms with E-state index in [0.29, 0.717) is 22.4 Å². The minimum Gasteiger partial charge on any atom is -0.501 e. The van der Waals surface area contributed by atoms with Gasteiger partial charge in [-0.1, -0.05) is 97.1 Å². The van der Waals surface area contributed by atoms with Crippen LogP contribution >= 0.6 is 0 Å². The number of fused-ring (bicyclic) bond motifs is 3. The molecule has 3 heterocycles. The summed E-state index contributed by atoms with van der Waals surface area (Å²) in [6.07, 6.45) is -0.647. The molecular formula is C40H34IrN2O-2. The average molecular weight is 758 g/mol. The Bertz CT molecular complexity index is 2250. The topological polar surface area (TPSA) is 38.9 Å². The van der Waals surface area contributed by atoms with Crippen molar-refractivity contribution in [1.82, 2.24) is 9.97 Å². The monoisotopic (exact) mass is 758 g/mol. The first-order valence-corrected chi connectivity index (χ1v) is 14.1. The molecule has 4 aromatic carbocycles. The van der Waals surface area contributed by atoms with Gasteiger partial charge in [0.1, 0.15) is 5.58 Å². The molecular weight excluding hydrogens is 717 g/mol. The predicted octanol–water partition coefficient (Wildman–Crippen LogP) is 10.1. The van der Waals surface area contributed by atoms with Crippen molar-refractivity contribution in [3.8, 4) is 22.5 Å². The SMILES string of the molecule is [2H]C([2H])([2H])c1cnc(-c2[c-]ccc(C([2H])([2H])c3ccccc3)c2)cc1C([2H])([2H])C(C)C.[Ir].[c-]1ccc2c(oc3ccccc32)c1-c1ccccn1. The maximum Gasteiger partial charge on any atom is 0.120 e. The van der Waals surface area contributed by atoms with E-state index < -0.39 is 25.5 Å². The number of hydrogen-bond donors (Lipinski definition) is 0. The number of aryl methyl sites for hydroxylation is 1. The molecule has 3 nitrogen and oxygen atoms in total. The van der Waals surface area contributed by atoms with E-state index in [4.69, 9.17) is 14.0 Å². The number of hydrogen-bond acceptors (Lipinski definition) is 3. The fourth-order valence-electron chi connectivity index (χ4n) is 4.80. The number of pyridine rings is 2. The van der Waals surface area contributed by atoms with Crippen LogP contribution in [0.2, 0.25) is 0 Å². The van der Waals surface area contributed by atoms with Crippen LogP contribution in [0, 0.1) is 24.9 Å². The quantitative estimate of drug-likeness (QED) is 0.159. The van der Waals surface area contributed by atoms with Crippen LogP contribution in [0.3, 0.4) is 0 Å². The van der Waals surface area contributed by atoms with Gasteiger partial charge in [-0.3, -0.25) is 0 Å². The van der Waals surface area contributed by atoms with E-state index in [9.17, 15) is 0 Å². The molecule has 0 bridgehead atoms. The molecule has 0 amide bonds. The van der Waals surface area contributed by atoms with E-state index in [2.05, 4.69) is 28.2 Å². The van der Waals surface area contributed by atoms with Gasteiger partial charge in [-0.15, -0.1) is 53.6 Å². The summed E-state index contributed by atoms with van der Waals surface area (Å²) in [5.74, 6) is -0.452. The Morgan fingerprint density at radius 2 is 1.59 bits per heavy atom. The van der Waals surface area contributed by atoms with Crippen LogP contribution in [0.4, 0.5) is 0 Å². The summed E-state index contributed by atoms with van der Waals surface area (Å²) in [7, 11) is 0. The standard InChI is InChI=1S/C23H24N.C17H10NO.Ir/c1-17(2)12-22-15-23(24-16-18(22)3)21-11-7-10-20(14-21)13-19-8-5-4-6-9-19;1-2-10-16-12(6-1)13-7-5-8-14(17(13)19-16)15-9-3-4-11-18-15;/h4-10,14-17H,12-13H2,1-3H3;1-7,9-11H;/q2*-1;/i3D3,12D2,13D2;;. The summed E-state index contributed by atoms with van der Waals surface area (Å²) in [6, 6.07) is 39.2. The van der Waals surface area contributed by atoms with Crippen LogP contribution in [0.5, 0.6) is 0 Å². The van der Waals surface area contributed by atoms with E-state index in [1.165, 1.54) is 12.3 Å². The summed E-state index contributed by atoms with van der Waals surface area (Å²) in [6.45, 7) is 0.897. The van der Waals surface area contributed by atoms with Crippen molar-refractivity contribution < 1.29 is 34.1 Å². The van der Waals surface area contributed by atoms with Gasteiger partial charge in [-0.2, -0.15) is 0 Å². The molecule has 0 aliphatic carbocycles. The van der Waals surface area contributed by atoms with Crippen LogP contribution in [-0.4, -0.2) is 9.97 Å². The molecule has 0 atom stereocenters. The molecule has 0 spiro atoms. The van der Waals surface area contributed by atoms with Crippen LogP contribution in [-0.2, 0) is 32.9 Å². The zero-order chi connectivity index (χ0) is 35.7. The van der Waals surface area contributed by atoms with E-state index in [1.54, 1.807) is 62.5 Å². The minimum atomic E-state index is -2.50. The third kappa shape index (κ3) is 7.22. The molecule has 1 radical (unpaired) electrons. The van der Waals surface area contributed by atoms with Crippen LogP contribution in [0.1, 0.15) is 45.7 Å². The molecule has 0 N–H and O–H groups in total. The van der Waals surface area contributed by atoms with Gasteiger partial charge in [-0.05, 0) is 60.2 Å². The number of rotatable bonds is 6. The molecule has 0 saturated carbocycles. The Labute approximate surface area is 283 Å². The Morgan fingerprint density at radius 3 is 2.39 bits per heavy atom. The molecule has 3 aromatic heterocycles. The number of furan rings is 1. The maximum absolute atomic E-state index is 8.58. The van der Waals surface area contributed by atoms with Gasteiger partial charge in [0.15, 0.2) is 0 Å². The Balaban J connectivity index is 0.000000214. The molecule has 7 rings (SSSR count). The van der Waals surface area contributed by atoms with Gasteiger partial charge >= 0.3 is 0 Å². The van der Waals surface area contributed by atoms with Crippen molar-refractivity contribution in [2.75, 3.05) is 0 Å². The maximum atomic E-state index is 8.58. The largest absolute Gasteiger partial charge is 0.501 e. The zero-order valence-electron chi connectivity index (χ0n) is 31.3. The van der Waals surface area contributed by atoms with Crippen LogP contribution < -0.4 is 0 Å². The van der Waals surface area contributed by atoms with Crippen LogP contribution in [0.15, 0.2) is 126 Å². The van der Waals surface area contributed by atoms with E-state index in [0.717, 1.165) is 33.2 Å². The number of aromatic nitrogens is 2. The molecule has 0 fully saturated rings. The van der Waals surface area contributed by atoms with E-state index >= 15 is 0 Å². The second-order valence-electron chi connectivity index (χ2n) is 10.3. The Kier molecular flexibility index (Phi) is 7.55. The molecule has 44 heavy (non-hydrogen) atoms. The third-order valence-corrected chi connectivity index (χ3v) is 6.75. The molecule has 0 saturated heterocycles. The summed E-state index contributed by atoms with van der Waals surface area (Å²) in [5, 5.41) is 2.23. The fraction of sp³-hybridized carbons (Fsp3) is 0.150. The number of benzene rings is 4. The first kappa shape index (κ1) is 23.1. The first-order chi connectivity index (χ1) is 23.8. The summed E-state index contributed by atoms with van der Waals surface area (Å²) in [5.41, 5.74) is 5.21.